The fraction of sp³-hybridized carbons (Fsp3) is 0.538. The van der Waals surface area contributed by atoms with E-state index in [9.17, 15) is 18.0 Å². The number of benzene rings is 1. The molecule has 11 heteroatoms. The minimum absolute atomic E-state index is 0.130. The van der Waals surface area contributed by atoms with E-state index >= 15 is 0 Å². The predicted octanol–water partition coefficient (Wildman–Crippen LogP) is 4.62. The van der Waals surface area contributed by atoms with Crippen molar-refractivity contribution in [1.29, 1.82) is 0 Å². The number of hydrogen-bond donors (Lipinski definition) is 1. The number of halogens is 3. The van der Waals surface area contributed by atoms with Gasteiger partial charge in [0.15, 0.2) is 0 Å². The van der Waals surface area contributed by atoms with Gasteiger partial charge in [-0.05, 0) is 39.8 Å². The van der Waals surface area contributed by atoms with E-state index < -0.39 is 12.1 Å². The van der Waals surface area contributed by atoms with Crippen LogP contribution in [0.4, 0.5) is 13.2 Å². The van der Waals surface area contributed by atoms with E-state index in [0.29, 0.717) is 25.2 Å². The highest BCUT2D eigenvalue weighted by Gasteiger charge is 2.38. The Morgan fingerprint density at radius 1 is 1.00 bits per heavy atom. The molecule has 0 aliphatic carbocycles. The van der Waals surface area contributed by atoms with Crippen LogP contribution in [-0.2, 0) is 16.1 Å². The van der Waals surface area contributed by atoms with E-state index in [1.54, 1.807) is 7.11 Å². The van der Waals surface area contributed by atoms with Crippen molar-refractivity contribution in [2.24, 2.45) is 0 Å². The van der Waals surface area contributed by atoms with Crippen LogP contribution in [0, 0.1) is 0 Å². The zero-order valence-electron chi connectivity index (χ0n) is 21.9. The van der Waals surface area contributed by atoms with Crippen molar-refractivity contribution >= 4 is 33.8 Å². The van der Waals surface area contributed by atoms with Gasteiger partial charge in [0.25, 0.3) is 5.91 Å². The summed E-state index contributed by atoms with van der Waals surface area (Å²) in [6.45, 7) is 13.5. The Balaban J connectivity index is 0.000000479. The molecule has 0 atom stereocenters. The standard InChI is InChI=1S/C24H34N4O2.C2HF3O2/c1-17(2)25-10-12-26(13-11-25)24(29)22-16-21-23(27(22)14-15-30-5)19-8-6-7-9-20(19)28(21)18(3)4;3-2(4,5)1(6)7/h6-9,16-18H,10-15H2,1-5H3;(H,6,7). The number of aliphatic carboxylic acids is 1. The van der Waals surface area contributed by atoms with Gasteiger partial charge in [-0.15, -0.1) is 0 Å². The van der Waals surface area contributed by atoms with Crippen molar-refractivity contribution in [3.63, 3.8) is 0 Å². The van der Waals surface area contributed by atoms with Crippen molar-refractivity contribution in [3.8, 4) is 0 Å². The van der Waals surface area contributed by atoms with Crippen molar-refractivity contribution in [3.05, 3.63) is 36.0 Å². The van der Waals surface area contributed by atoms with Gasteiger partial charge < -0.3 is 23.9 Å². The Bertz CT molecular complexity index is 1240. The van der Waals surface area contributed by atoms with Crippen molar-refractivity contribution in [1.82, 2.24) is 18.9 Å². The molecular weight excluding hydrogens is 489 g/mol. The van der Waals surface area contributed by atoms with E-state index in [-0.39, 0.29) is 5.91 Å². The number of rotatable bonds is 6. The molecule has 0 radical (unpaired) electrons. The number of carbonyl (C=O) groups is 2. The lowest BCUT2D eigenvalue weighted by Crippen LogP contribution is -2.51. The molecule has 1 saturated heterocycles. The second kappa shape index (κ2) is 11.6. The van der Waals surface area contributed by atoms with Gasteiger partial charge in [0.05, 0.1) is 23.2 Å². The fourth-order valence-corrected chi connectivity index (χ4v) is 4.77. The number of hydrogen-bond acceptors (Lipinski definition) is 4. The zero-order valence-corrected chi connectivity index (χ0v) is 21.9. The number of fused-ring (bicyclic) bond motifs is 3. The maximum absolute atomic E-state index is 13.6. The van der Waals surface area contributed by atoms with E-state index in [4.69, 9.17) is 14.6 Å². The molecule has 0 bridgehead atoms. The summed E-state index contributed by atoms with van der Waals surface area (Å²) in [6, 6.07) is 11.4. The fourth-order valence-electron chi connectivity index (χ4n) is 4.77. The summed E-state index contributed by atoms with van der Waals surface area (Å²) in [7, 11) is 1.71. The topological polar surface area (TPSA) is 79.9 Å². The first-order valence-electron chi connectivity index (χ1n) is 12.3. The molecule has 1 amide bonds. The molecule has 0 spiro atoms. The lowest BCUT2D eigenvalue weighted by atomic mass is 10.2. The molecule has 1 N–H and O–H groups in total. The average molecular weight is 525 g/mol. The Kier molecular flexibility index (Phi) is 8.91. The Labute approximate surface area is 214 Å². The molecule has 0 unspecified atom stereocenters. The minimum atomic E-state index is -5.08. The summed E-state index contributed by atoms with van der Waals surface area (Å²) in [4.78, 5) is 26.9. The van der Waals surface area contributed by atoms with Gasteiger partial charge in [0, 0.05) is 57.3 Å². The lowest BCUT2D eigenvalue weighted by Gasteiger charge is -2.37. The third-order valence-electron chi connectivity index (χ3n) is 6.58. The van der Waals surface area contributed by atoms with Crippen LogP contribution in [0.25, 0.3) is 21.9 Å². The van der Waals surface area contributed by atoms with Gasteiger partial charge in [-0.2, -0.15) is 13.2 Å². The van der Waals surface area contributed by atoms with Crippen molar-refractivity contribution in [2.45, 2.75) is 52.5 Å². The molecule has 4 rings (SSSR count). The summed E-state index contributed by atoms with van der Waals surface area (Å²) < 4.78 is 41.7. The molecular formula is C26H35F3N4O4. The van der Waals surface area contributed by atoms with Crippen LogP contribution < -0.4 is 0 Å². The van der Waals surface area contributed by atoms with Crippen LogP contribution in [0.2, 0.25) is 0 Å². The molecule has 1 aromatic carbocycles. The summed E-state index contributed by atoms with van der Waals surface area (Å²) in [5.74, 6) is -2.63. The molecule has 1 aliphatic heterocycles. The highest BCUT2D eigenvalue weighted by atomic mass is 19.4. The molecule has 204 valence electrons. The number of methoxy groups -OCH3 is 1. The Morgan fingerprint density at radius 2 is 1.59 bits per heavy atom. The zero-order chi connectivity index (χ0) is 27.5. The monoisotopic (exact) mass is 524 g/mol. The average Bonchev–Trinajstić information content (AvgIpc) is 3.36. The number of amides is 1. The molecule has 0 saturated carbocycles. The van der Waals surface area contributed by atoms with Crippen LogP contribution in [0.15, 0.2) is 30.3 Å². The van der Waals surface area contributed by atoms with Crippen LogP contribution in [0.1, 0.15) is 44.2 Å². The van der Waals surface area contributed by atoms with Gasteiger partial charge in [-0.1, -0.05) is 18.2 Å². The molecule has 1 fully saturated rings. The molecule has 8 nitrogen and oxygen atoms in total. The first-order valence-corrected chi connectivity index (χ1v) is 12.3. The predicted molar refractivity (Wildman–Crippen MR) is 136 cm³/mol. The van der Waals surface area contributed by atoms with Crippen LogP contribution in [0.3, 0.4) is 0 Å². The van der Waals surface area contributed by atoms with Gasteiger partial charge in [0.1, 0.15) is 5.69 Å². The number of piperazine rings is 1. The smallest absolute Gasteiger partial charge is 0.475 e. The SMILES string of the molecule is COCCn1c(C(=O)N2CCN(C(C)C)CC2)cc2c1c1ccccc1n2C(C)C.O=C(O)C(F)(F)F. The lowest BCUT2D eigenvalue weighted by molar-refractivity contribution is -0.192. The third kappa shape index (κ3) is 6.10. The Hall–Kier alpha value is -3.05. The number of para-hydroxylation sites is 1. The number of nitrogens with zero attached hydrogens (tertiary/aromatic N) is 4. The maximum Gasteiger partial charge on any atom is 0.490 e. The first kappa shape index (κ1) is 28.5. The number of aromatic nitrogens is 2. The summed E-state index contributed by atoms with van der Waals surface area (Å²) >= 11 is 0. The van der Waals surface area contributed by atoms with E-state index in [1.807, 2.05) is 4.90 Å². The van der Waals surface area contributed by atoms with Crippen molar-refractivity contribution in [2.75, 3.05) is 39.9 Å². The molecule has 3 heterocycles. The minimum Gasteiger partial charge on any atom is -0.475 e. The van der Waals surface area contributed by atoms with Gasteiger partial charge in [0.2, 0.25) is 0 Å². The Morgan fingerprint density at radius 3 is 2.11 bits per heavy atom. The normalized spacial score (nSPS) is 15.0. The van der Waals surface area contributed by atoms with Crippen molar-refractivity contribution < 1.29 is 32.6 Å². The number of alkyl halides is 3. The van der Waals surface area contributed by atoms with Gasteiger partial charge in [-0.3, -0.25) is 9.69 Å². The summed E-state index contributed by atoms with van der Waals surface area (Å²) in [5, 5.41) is 8.32. The van der Waals surface area contributed by atoms with E-state index in [0.717, 1.165) is 42.9 Å². The summed E-state index contributed by atoms with van der Waals surface area (Å²) in [6.07, 6.45) is -5.08. The number of ether oxygens (including phenoxy) is 1. The number of carboxylic acid groups (broad SMARTS) is 1. The number of carbonyl (C=O) groups excluding carboxylic acids is 1. The molecule has 2 aromatic heterocycles. The second-order valence-electron chi connectivity index (χ2n) is 9.61. The largest absolute Gasteiger partial charge is 0.490 e. The van der Waals surface area contributed by atoms with E-state index in [2.05, 4.69) is 72.1 Å². The second-order valence-corrected chi connectivity index (χ2v) is 9.61. The third-order valence-corrected chi connectivity index (χ3v) is 6.58. The highest BCUT2D eigenvalue weighted by molar-refractivity contribution is 6.10. The number of carboxylic acids is 1. The van der Waals surface area contributed by atoms with Gasteiger partial charge >= 0.3 is 12.1 Å². The molecule has 3 aromatic rings. The quantitative estimate of drug-likeness (QED) is 0.509. The molecule has 37 heavy (non-hydrogen) atoms. The maximum atomic E-state index is 13.6. The van der Waals surface area contributed by atoms with Crippen LogP contribution >= 0.6 is 0 Å². The van der Waals surface area contributed by atoms with Gasteiger partial charge in [-0.25, -0.2) is 4.79 Å². The molecule has 1 aliphatic rings. The van der Waals surface area contributed by atoms with Crippen LogP contribution in [-0.4, -0.2) is 88.0 Å². The highest BCUT2D eigenvalue weighted by Crippen LogP contribution is 2.34. The summed E-state index contributed by atoms with van der Waals surface area (Å²) in [5.41, 5.74) is 4.26. The van der Waals surface area contributed by atoms with E-state index in [1.165, 1.54) is 10.9 Å². The van der Waals surface area contributed by atoms with Crippen LogP contribution in [0.5, 0.6) is 0 Å². The first-order chi connectivity index (χ1) is 17.4.